The molecule has 0 aliphatic heterocycles. The Hall–Kier alpha value is -1.22. The molecular weight excluding hydrogens is 214 g/mol. The minimum absolute atomic E-state index is 0.0448. The SMILES string of the molecule is COc1ccc(C(N)C(C)C2CC2)c(OC)c1. The second-order valence-electron chi connectivity index (χ2n) is 4.83. The van der Waals surface area contributed by atoms with Crippen molar-refractivity contribution < 1.29 is 9.47 Å². The van der Waals surface area contributed by atoms with E-state index in [2.05, 4.69) is 6.92 Å². The van der Waals surface area contributed by atoms with Crippen molar-refractivity contribution in [2.45, 2.75) is 25.8 Å². The second-order valence-corrected chi connectivity index (χ2v) is 4.83. The van der Waals surface area contributed by atoms with Crippen LogP contribution < -0.4 is 15.2 Å². The largest absolute Gasteiger partial charge is 0.497 e. The third kappa shape index (κ3) is 2.55. The van der Waals surface area contributed by atoms with Crippen LogP contribution in [0.4, 0.5) is 0 Å². The van der Waals surface area contributed by atoms with Gasteiger partial charge in [-0.05, 0) is 30.7 Å². The van der Waals surface area contributed by atoms with Crippen LogP contribution in [0.2, 0.25) is 0 Å². The molecule has 0 amide bonds. The molecule has 2 unspecified atom stereocenters. The molecule has 1 saturated carbocycles. The highest BCUT2D eigenvalue weighted by Crippen LogP contribution is 2.43. The van der Waals surface area contributed by atoms with Gasteiger partial charge in [0.15, 0.2) is 0 Å². The summed E-state index contributed by atoms with van der Waals surface area (Å²) in [4.78, 5) is 0. The van der Waals surface area contributed by atoms with Crippen molar-refractivity contribution in [3.8, 4) is 11.5 Å². The zero-order valence-electron chi connectivity index (χ0n) is 10.8. The first-order valence-corrected chi connectivity index (χ1v) is 6.15. The Bertz CT molecular complexity index is 388. The van der Waals surface area contributed by atoms with Gasteiger partial charge >= 0.3 is 0 Å². The van der Waals surface area contributed by atoms with Gasteiger partial charge in [-0.1, -0.05) is 13.0 Å². The highest BCUT2D eigenvalue weighted by molar-refractivity contribution is 5.42. The first-order chi connectivity index (χ1) is 8.17. The van der Waals surface area contributed by atoms with Crippen LogP contribution >= 0.6 is 0 Å². The van der Waals surface area contributed by atoms with Gasteiger partial charge in [-0.2, -0.15) is 0 Å². The first-order valence-electron chi connectivity index (χ1n) is 6.15. The number of nitrogens with two attached hydrogens (primary N) is 1. The molecule has 3 nitrogen and oxygen atoms in total. The van der Waals surface area contributed by atoms with Crippen LogP contribution in [-0.4, -0.2) is 14.2 Å². The maximum Gasteiger partial charge on any atom is 0.127 e. The Morgan fingerprint density at radius 3 is 2.47 bits per heavy atom. The predicted molar refractivity (Wildman–Crippen MR) is 68.4 cm³/mol. The van der Waals surface area contributed by atoms with Gasteiger partial charge in [-0.15, -0.1) is 0 Å². The molecule has 2 N–H and O–H groups in total. The van der Waals surface area contributed by atoms with Crippen molar-refractivity contribution in [3.05, 3.63) is 23.8 Å². The molecule has 0 bridgehead atoms. The van der Waals surface area contributed by atoms with Gasteiger partial charge < -0.3 is 15.2 Å². The fourth-order valence-corrected chi connectivity index (χ4v) is 2.29. The third-order valence-corrected chi connectivity index (χ3v) is 3.73. The van der Waals surface area contributed by atoms with Crippen molar-refractivity contribution >= 4 is 0 Å². The minimum Gasteiger partial charge on any atom is -0.497 e. The van der Waals surface area contributed by atoms with E-state index < -0.39 is 0 Å². The summed E-state index contributed by atoms with van der Waals surface area (Å²) in [5.41, 5.74) is 7.40. The molecule has 1 aliphatic carbocycles. The number of ether oxygens (including phenoxy) is 2. The lowest BCUT2D eigenvalue weighted by Crippen LogP contribution is -2.21. The highest BCUT2D eigenvalue weighted by Gasteiger charge is 2.33. The number of hydrogen-bond donors (Lipinski definition) is 1. The molecule has 1 aromatic rings. The molecule has 1 fully saturated rings. The van der Waals surface area contributed by atoms with Gasteiger partial charge in [0.2, 0.25) is 0 Å². The summed E-state index contributed by atoms with van der Waals surface area (Å²) in [7, 11) is 3.33. The molecule has 0 radical (unpaired) electrons. The Kier molecular flexibility index (Phi) is 3.57. The molecule has 1 aromatic carbocycles. The van der Waals surface area contributed by atoms with E-state index in [4.69, 9.17) is 15.2 Å². The summed E-state index contributed by atoms with van der Waals surface area (Å²) in [6, 6.07) is 5.90. The maximum atomic E-state index is 6.33. The van der Waals surface area contributed by atoms with Crippen molar-refractivity contribution in [2.75, 3.05) is 14.2 Å². The van der Waals surface area contributed by atoms with Crippen molar-refractivity contribution in [3.63, 3.8) is 0 Å². The van der Waals surface area contributed by atoms with Crippen LogP contribution in [-0.2, 0) is 0 Å². The van der Waals surface area contributed by atoms with Gasteiger partial charge in [0.1, 0.15) is 11.5 Å². The van der Waals surface area contributed by atoms with E-state index >= 15 is 0 Å². The van der Waals surface area contributed by atoms with E-state index in [1.165, 1.54) is 12.8 Å². The van der Waals surface area contributed by atoms with E-state index in [0.717, 1.165) is 23.0 Å². The monoisotopic (exact) mass is 235 g/mol. The Morgan fingerprint density at radius 2 is 1.94 bits per heavy atom. The lowest BCUT2D eigenvalue weighted by molar-refractivity contribution is 0.368. The van der Waals surface area contributed by atoms with Crippen LogP contribution in [0.25, 0.3) is 0 Å². The summed E-state index contributed by atoms with van der Waals surface area (Å²) in [6.45, 7) is 2.23. The van der Waals surface area contributed by atoms with Crippen LogP contribution in [0.5, 0.6) is 11.5 Å². The van der Waals surface area contributed by atoms with Crippen LogP contribution in [0.3, 0.4) is 0 Å². The van der Waals surface area contributed by atoms with E-state index in [1.807, 2.05) is 18.2 Å². The molecular formula is C14H21NO2. The van der Waals surface area contributed by atoms with Gasteiger partial charge in [-0.3, -0.25) is 0 Å². The number of benzene rings is 1. The van der Waals surface area contributed by atoms with Gasteiger partial charge in [0, 0.05) is 17.7 Å². The molecule has 17 heavy (non-hydrogen) atoms. The zero-order valence-corrected chi connectivity index (χ0v) is 10.8. The zero-order chi connectivity index (χ0) is 12.4. The number of rotatable bonds is 5. The summed E-state index contributed by atoms with van der Waals surface area (Å²) in [6.07, 6.45) is 2.63. The molecule has 0 heterocycles. The number of methoxy groups -OCH3 is 2. The summed E-state index contributed by atoms with van der Waals surface area (Å²) in [5.74, 6) is 2.93. The Balaban J connectivity index is 2.23. The lowest BCUT2D eigenvalue weighted by atomic mass is 9.91. The van der Waals surface area contributed by atoms with Gasteiger partial charge in [0.05, 0.1) is 14.2 Å². The molecule has 0 spiro atoms. The lowest BCUT2D eigenvalue weighted by Gasteiger charge is -2.22. The van der Waals surface area contributed by atoms with E-state index in [0.29, 0.717) is 5.92 Å². The smallest absolute Gasteiger partial charge is 0.127 e. The fourth-order valence-electron chi connectivity index (χ4n) is 2.29. The first kappa shape index (κ1) is 12.2. The quantitative estimate of drug-likeness (QED) is 0.853. The average molecular weight is 235 g/mol. The van der Waals surface area contributed by atoms with E-state index in [1.54, 1.807) is 14.2 Å². The second kappa shape index (κ2) is 4.96. The average Bonchev–Trinajstić information content (AvgIpc) is 3.20. The Labute approximate surface area is 103 Å². The molecule has 0 aromatic heterocycles. The summed E-state index contributed by atoms with van der Waals surface area (Å²) < 4.78 is 10.6. The van der Waals surface area contributed by atoms with Gasteiger partial charge in [0.25, 0.3) is 0 Å². The molecule has 0 saturated heterocycles. The van der Waals surface area contributed by atoms with Crippen LogP contribution in [0.1, 0.15) is 31.4 Å². The van der Waals surface area contributed by atoms with Crippen molar-refractivity contribution in [1.82, 2.24) is 0 Å². The molecule has 3 heteroatoms. The predicted octanol–water partition coefficient (Wildman–Crippen LogP) is 2.75. The third-order valence-electron chi connectivity index (χ3n) is 3.73. The normalized spacial score (nSPS) is 18.6. The molecule has 94 valence electrons. The van der Waals surface area contributed by atoms with Gasteiger partial charge in [-0.25, -0.2) is 0 Å². The fraction of sp³-hybridized carbons (Fsp3) is 0.571. The topological polar surface area (TPSA) is 44.5 Å². The molecule has 1 aliphatic rings. The maximum absolute atomic E-state index is 6.33. The minimum atomic E-state index is 0.0448. The summed E-state index contributed by atoms with van der Waals surface area (Å²) in [5, 5.41) is 0. The molecule has 2 rings (SSSR count). The highest BCUT2D eigenvalue weighted by atomic mass is 16.5. The van der Waals surface area contributed by atoms with E-state index in [9.17, 15) is 0 Å². The standard InChI is InChI=1S/C14H21NO2/c1-9(10-4-5-10)14(15)12-7-6-11(16-2)8-13(12)17-3/h6-10,14H,4-5,15H2,1-3H3. The van der Waals surface area contributed by atoms with Crippen molar-refractivity contribution in [2.24, 2.45) is 17.6 Å². The van der Waals surface area contributed by atoms with Crippen LogP contribution in [0, 0.1) is 11.8 Å². The van der Waals surface area contributed by atoms with Crippen LogP contribution in [0.15, 0.2) is 18.2 Å². The molecule has 2 atom stereocenters. The van der Waals surface area contributed by atoms with E-state index in [-0.39, 0.29) is 6.04 Å². The Morgan fingerprint density at radius 1 is 1.24 bits per heavy atom. The number of hydrogen-bond acceptors (Lipinski definition) is 3. The van der Waals surface area contributed by atoms with Crippen molar-refractivity contribution in [1.29, 1.82) is 0 Å². The summed E-state index contributed by atoms with van der Waals surface area (Å²) >= 11 is 0.